The van der Waals surface area contributed by atoms with Gasteiger partial charge in [-0.15, -0.1) is 0 Å². The topological polar surface area (TPSA) is 167 Å². The summed E-state index contributed by atoms with van der Waals surface area (Å²) in [5.41, 5.74) is -3.29. The average molecular weight is 704 g/mol. The molecule has 5 rings (SSSR count). The fraction of sp³-hybridized carbons (Fsp3) is 1.00. The Kier molecular flexibility index (Phi) is 11.6. The summed E-state index contributed by atoms with van der Waals surface area (Å²) < 4.78 is 52.0. The van der Waals surface area contributed by atoms with E-state index in [0.717, 1.165) is 0 Å². The Bertz CT molecular complexity index is 1130. The van der Waals surface area contributed by atoms with E-state index in [-0.39, 0.29) is 36.5 Å². The fourth-order valence-electron chi connectivity index (χ4n) is 9.67. The summed E-state index contributed by atoms with van der Waals surface area (Å²) in [6, 6.07) is -0.244. The van der Waals surface area contributed by atoms with Gasteiger partial charge in [0, 0.05) is 31.4 Å². The van der Waals surface area contributed by atoms with Crippen molar-refractivity contribution < 1.29 is 58.3 Å². The van der Waals surface area contributed by atoms with E-state index in [2.05, 4.69) is 12.2 Å². The standard InChI is InChI=1S/C36H65NO12/c1-13-24-35(10,40)31-19(4)27-17(2)15-34(9,48-27)30(46-32-26(38)23(37-11)14-18(3)43-32)20(5)28(21(6)36(41,47-24)49-31)45-25-16-33(8,42-12)29(39)22(7)44-25/h17-32,37-41H,13-16H2,1-12H3/t17-,18?,19-,20-,21+,22?,23?,24+,25-,26?,27?,28-,29-,30+,31+,32-,33?,34+,35+,36-/m0/s1. The number of ether oxygens (including phenoxy) is 8. The molecular weight excluding hydrogens is 638 g/mol. The quantitative estimate of drug-likeness (QED) is 0.263. The molecule has 286 valence electrons. The molecule has 5 saturated heterocycles. The van der Waals surface area contributed by atoms with E-state index in [1.807, 2.05) is 48.6 Å². The first-order valence-corrected chi connectivity index (χ1v) is 18.4. The van der Waals surface area contributed by atoms with Crippen LogP contribution in [0.15, 0.2) is 0 Å². The molecule has 0 aromatic rings. The molecule has 0 aliphatic carbocycles. The highest BCUT2D eigenvalue weighted by Gasteiger charge is 2.64. The molecule has 13 nitrogen and oxygen atoms in total. The summed E-state index contributed by atoms with van der Waals surface area (Å²) in [4.78, 5) is 0. The highest BCUT2D eigenvalue weighted by Crippen LogP contribution is 2.52. The molecule has 5 aliphatic rings. The highest BCUT2D eigenvalue weighted by molar-refractivity contribution is 5.07. The molecule has 20 atom stereocenters. The van der Waals surface area contributed by atoms with Crippen molar-refractivity contribution >= 4 is 0 Å². The zero-order valence-electron chi connectivity index (χ0n) is 31.6. The predicted octanol–water partition coefficient (Wildman–Crippen LogP) is 2.44. The molecular formula is C36H65NO12. The van der Waals surface area contributed by atoms with Crippen molar-refractivity contribution in [2.75, 3.05) is 14.2 Å². The number of rotatable bonds is 7. The number of aliphatic hydroxyl groups excluding tert-OH is 2. The highest BCUT2D eigenvalue weighted by atomic mass is 16.8. The van der Waals surface area contributed by atoms with E-state index in [1.165, 1.54) is 0 Å². The van der Waals surface area contributed by atoms with Gasteiger partial charge in [0.15, 0.2) is 12.6 Å². The SMILES string of the molecule is CC[C@H]1O[C@]2(O)O[C@H]([C@@H](C)C3O[C@](C)(C[C@@H]3C)[C@H](O[C@@H]3OC(C)CC(NC)C3O)[C@@H](C)[C@H](O[C@H]3CC(C)(OC)[C@@H](O)C(C)O3)[C@H]2C)[C@]1(C)O. The van der Waals surface area contributed by atoms with E-state index in [1.54, 1.807) is 27.9 Å². The normalized spacial score (nSPS) is 57.1. The molecule has 49 heavy (non-hydrogen) atoms. The summed E-state index contributed by atoms with van der Waals surface area (Å²) >= 11 is 0. The van der Waals surface area contributed by atoms with Gasteiger partial charge in [-0.1, -0.05) is 34.6 Å². The molecule has 0 radical (unpaired) electrons. The molecule has 5 N–H and O–H groups in total. The van der Waals surface area contributed by atoms with Crippen molar-refractivity contribution in [2.24, 2.45) is 23.7 Å². The lowest BCUT2D eigenvalue weighted by molar-refractivity contribution is -0.481. The maximum atomic E-state index is 12.5. The van der Waals surface area contributed by atoms with Gasteiger partial charge in [0.25, 0.3) is 5.97 Å². The molecule has 6 unspecified atom stereocenters. The lowest BCUT2D eigenvalue weighted by Gasteiger charge is -2.55. The Balaban J connectivity index is 1.62. The van der Waals surface area contributed by atoms with Crippen molar-refractivity contribution in [1.29, 1.82) is 0 Å². The minimum absolute atomic E-state index is 0.0255. The van der Waals surface area contributed by atoms with Crippen LogP contribution in [0.4, 0.5) is 0 Å². The van der Waals surface area contributed by atoms with Gasteiger partial charge in [0.05, 0.1) is 59.8 Å². The average Bonchev–Trinajstić information content (AvgIpc) is 3.36. The minimum atomic E-state index is -2.17. The molecule has 5 heterocycles. The largest absolute Gasteiger partial charge is 0.387 e. The summed E-state index contributed by atoms with van der Waals surface area (Å²) in [5.74, 6) is -3.88. The van der Waals surface area contributed by atoms with Gasteiger partial charge in [0.2, 0.25) is 0 Å². The fourth-order valence-corrected chi connectivity index (χ4v) is 9.67. The van der Waals surface area contributed by atoms with Gasteiger partial charge >= 0.3 is 0 Å². The van der Waals surface area contributed by atoms with Gasteiger partial charge in [-0.25, -0.2) is 0 Å². The number of aliphatic hydroxyl groups is 4. The lowest BCUT2D eigenvalue weighted by atomic mass is 9.74. The molecule has 4 bridgehead atoms. The second-order valence-corrected chi connectivity index (χ2v) is 16.5. The minimum Gasteiger partial charge on any atom is -0.387 e. The third-order valence-corrected chi connectivity index (χ3v) is 12.6. The van der Waals surface area contributed by atoms with Gasteiger partial charge < -0.3 is 63.6 Å². The van der Waals surface area contributed by atoms with Crippen LogP contribution in [0.25, 0.3) is 0 Å². The maximum absolute atomic E-state index is 12.5. The summed E-state index contributed by atoms with van der Waals surface area (Å²) in [6.07, 6.45) is -6.11. The Morgan fingerprint density at radius 3 is 2.16 bits per heavy atom. The summed E-state index contributed by atoms with van der Waals surface area (Å²) in [5, 5.41) is 50.0. The Labute approximate surface area is 292 Å². The summed E-state index contributed by atoms with van der Waals surface area (Å²) in [7, 11) is 3.36. The van der Waals surface area contributed by atoms with E-state index in [4.69, 9.17) is 37.9 Å². The monoisotopic (exact) mass is 703 g/mol. The van der Waals surface area contributed by atoms with Crippen molar-refractivity contribution in [3.63, 3.8) is 0 Å². The molecule has 0 saturated carbocycles. The molecule has 5 aliphatic heterocycles. The van der Waals surface area contributed by atoms with Gasteiger partial charge in [-0.2, -0.15) is 0 Å². The Morgan fingerprint density at radius 2 is 1.55 bits per heavy atom. The second kappa shape index (κ2) is 14.4. The molecule has 5 fully saturated rings. The molecule has 0 aromatic heterocycles. The predicted molar refractivity (Wildman–Crippen MR) is 178 cm³/mol. The van der Waals surface area contributed by atoms with Crippen molar-refractivity contribution in [1.82, 2.24) is 5.32 Å². The number of nitrogens with one attached hydrogen (secondary N) is 1. The second-order valence-electron chi connectivity index (χ2n) is 16.5. The van der Waals surface area contributed by atoms with Crippen LogP contribution in [-0.4, -0.2) is 131 Å². The van der Waals surface area contributed by atoms with Crippen LogP contribution in [0.3, 0.4) is 0 Å². The maximum Gasteiger partial charge on any atom is 0.286 e. The lowest BCUT2D eigenvalue weighted by Crippen LogP contribution is -2.69. The van der Waals surface area contributed by atoms with Crippen LogP contribution in [0.2, 0.25) is 0 Å². The number of fused-ring (bicyclic) bond motifs is 4. The Hall–Kier alpha value is -0.520. The van der Waals surface area contributed by atoms with Crippen molar-refractivity contribution in [3.8, 4) is 0 Å². The third kappa shape index (κ3) is 7.12. The zero-order chi connectivity index (χ0) is 36.4. The van der Waals surface area contributed by atoms with Crippen molar-refractivity contribution in [2.45, 2.75) is 191 Å². The Morgan fingerprint density at radius 1 is 0.878 bits per heavy atom. The van der Waals surface area contributed by atoms with Gasteiger partial charge in [-0.3, -0.25) is 0 Å². The van der Waals surface area contributed by atoms with Gasteiger partial charge in [-0.05, 0) is 66.8 Å². The smallest absolute Gasteiger partial charge is 0.286 e. The number of methoxy groups -OCH3 is 1. The number of hydrogen-bond acceptors (Lipinski definition) is 13. The number of likely N-dealkylation sites (N-methyl/N-ethyl adjacent to an activating group) is 1. The van der Waals surface area contributed by atoms with Crippen LogP contribution < -0.4 is 5.32 Å². The molecule has 13 heteroatoms. The summed E-state index contributed by atoms with van der Waals surface area (Å²) in [6.45, 7) is 19.1. The van der Waals surface area contributed by atoms with E-state index in [0.29, 0.717) is 19.3 Å². The first kappa shape index (κ1) is 39.7. The molecule has 0 spiro atoms. The van der Waals surface area contributed by atoms with Crippen LogP contribution >= 0.6 is 0 Å². The zero-order valence-corrected chi connectivity index (χ0v) is 31.6. The van der Waals surface area contributed by atoms with Crippen LogP contribution in [0, 0.1) is 23.7 Å². The number of hydrogen-bond donors (Lipinski definition) is 5. The van der Waals surface area contributed by atoms with E-state index in [9.17, 15) is 20.4 Å². The molecule has 0 aromatic carbocycles. The first-order chi connectivity index (χ1) is 22.7. The van der Waals surface area contributed by atoms with E-state index < -0.39 is 89.9 Å². The van der Waals surface area contributed by atoms with Crippen LogP contribution in [-0.2, 0) is 37.9 Å². The van der Waals surface area contributed by atoms with Gasteiger partial charge in [0.1, 0.15) is 17.8 Å². The van der Waals surface area contributed by atoms with E-state index >= 15 is 0 Å². The van der Waals surface area contributed by atoms with Crippen LogP contribution in [0.5, 0.6) is 0 Å². The van der Waals surface area contributed by atoms with Crippen molar-refractivity contribution in [3.05, 3.63) is 0 Å². The third-order valence-electron chi connectivity index (χ3n) is 12.6. The molecule has 0 amide bonds. The van der Waals surface area contributed by atoms with Crippen LogP contribution in [0.1, 0.15) is 94.9 Å². The first-order valence-electron chi connectivity index (χ1n) is 18.4.